The van der Waals surface area contributed by atoms with Gasteiger partial charge in [-0.05, 0) is 39.0 Å². The van der Waals surface area contributed by atoms with Crippen LogP contribution in [0.25, 0.3) is 0 Å². The molecular formula is C13H24N2O. The maximum atomic E-state index is 5.77. The number of hydrogen-bond donors (Lipinski definition) is 1. The van der Waals surface area contributed by atoms with Crippen LogP contribution in [0.3, 0.4) is 0 Å². The molecule has 0 aromatic carbocycles. The van der Waals surface area contributed by atoms with Crippen LogP contribution in [0.1, 0.15) is 33.1 Å². The Kier molecular flexibility index (Phi) is 2.73. The van der Waals surface area contributed by atoms with Gasteiger partial charge in [-0.2, -0.15) is 0 Å². The van der Waals surface area contributed by atoms with Crippen LogP contribution >= 0.6 is 0 Å². The molecule has 3 nitrogen and oxygen atoms in total. The third-order valence-electron chi connectivity index (χ3n) is 4.97. The van der Waals surface area contributed by atoms with Gasteiger partial charge in [-0.1, -0.05) is 0 Å². The second-order valence-electron chi connectivity index (χ2n) is 5.96. The van der Waals surface area contributed by atoms with Crippen LogP contribution in [-0.2, 0) is 4.74 Å². The molecule has 0 bridgehead atoms. The molecule has 16 heavy (non-hydrogen) atoms. The highest BCUT2D eigenvalue weighted by atomic mass is 16.5. The van der Waals surface area contributed by atoms with Crippen molar-refractivity contribution >= 4 is 0 Å². The zero-order valence-electron chi connectivity index (χ0n) is 10.5. The summed E-state index contributed by atoms with van der Waals surface area (Å²) in [6, 6.07) is 0.748. The number of nitrogens with one attached hydrogen (secondary N) is 1. The number of nitrogens with zero attached hydrogens (tertiary/aromatic N) is 1. The summed E-state index contributed by atoms with van der Waals surface area (Å²) >= 11 is 0. The molecule has 0 amide bonds. The Bertz CT molecular complexity index is 267. The average molecular weight is 224 g/mol. The van der Waals surface area contributed by atoms with E-state index in [1.807, 2.05) is 0 Å². The molecule has 0 radical (unpaired) electrons. The Morgan fingerprint density at radius 1 is 1.38 bits per heavy atom. The lowest BCUT2D eigenvalue weighted by Gasteiger charge is -2.45. The van der Waals surface area contributed by atoms with Crippen molar-refractivity contribution in [2.24, 2.45) is 5.92 Å². The lowest BCUT2D eigenvalue weighted by molar-refractivity contribution is 0.00337. The molecule has 2 saturated heterocycles. The molecule has 3 atom stereocenters. The van der Waals surface area contributed by atoms with E-state index in [0.29, 0.717) is 6.10 Å². The van der Waals surface area contributed by atoms with Gasteiger partial charge in [0.25, 0.3) is 0 Å². The van der Waals surface area contributed by atoms with E-state index in [0.717, 1.165) is 25.1 Å². The Morgan fingerprint density at radius 2 is 2.19 bits per heavy atom. The van der Waals surface area contributed by atoms with Crippen LogP contribution in [0.2, 0.25) is 0 Å². The highest BCUT2D eigenvalue weighted by Crippen LogP contribution is 2.37. The minimum absolute atomic E-state index is 0.287. The summed E-state index contributed by atoms with van der Waals surface area (Å²) in [7, 11) is 0. The summed E-state index contributed by atoms with van der Waals surface area (Å²) in [5.41, 5.74) is 0.287. The second-order valence-corrected chi connectivity index (χ2v) is 5.96. The SMILES string of the molecule is CC1OCCC1(C)N1CCNC(C2CC2)C1. The van der Waals surface area contributed by atoms with Crippen LogP contribution in [0, 0.1) is 5.92 Å². The molecule has 0 aromatic rings. The van der Waals surface area contributed by atoms with E-state index >= 15 is 0 Å². The fraction of sp³-hybridized carbons (Fsp3) is 1.00. The molecule has 1 aliphatic carbocycles. The first-order chi connectivity index (χ1) is 7.70. The molecule has 1 saturated carbocycles. The van der Waals surface area contributed by atoms with E-state index in [9.17, 15) is 0 Å². The number of hydrogen-bond acceptors (Lipinski definition) is 3. The first-order valence-corrected chi connectivity index (χ1v) is 6.80. The van der Waals surface area contributed by atoms with Gasteiger partial charge in [-0.3, -0.25) is 4.90 Å². The van der Waals surface area contributed by atoms with Crippen molar-refractivity contribution in [2.75, 3.05) is 26.2 Å². The van der Waals surface area contributed by atoms with Gasteiger partial charge in [0, 0.05) is 37.8 Å². The average Bonchev–Trinajstić information content (AvgIpc) is 3.08. The zero-order chi connectivity index (χ0) is 11.2. The van der Waals surface area contributed by atoms with Crippen molar-refractivity contribution in [1.82, 2.24) is 10.2 Å². The van der Waals surface area contributed by atoms with Gasteiger partial charge in [-0.25, -0.2) is 0 Å². The minimum atomic E-state index is 0.287. The standard InChI is InChI=1S/C13H24N2O/c1-10-13(2,5-8-16-10)15-7-6-14-12(9-15)11-3-4-11/h10-12,14H,3-9H2,1-2H3. The Morgan fingerprint density at radius 3 is 2.81 bits per heavy atom. The molecule has 2 aliphatic heterocycles. The van der Waals surface area contributed by atoms with Crippen molar-refractivity contribution in [3.63, 3.8) is 0 Å². The summed E-state index contributed by atoms with van der Waals surface area (Å²) in [5, 5.41) is 3.68. The van der Waals surface area contributed by atoms with E-state index < -0.39 is 0 Å². The van der Waals surface area contributed by atoms with Crippen LogP contribution in [-0.4, -0.2) is 48.8 Å². The minimum Gasteiger partial charge on any atom is -0.377 e. The largest absolute Gasteiger partial charge is 0.377 e. The summed E-state index contributed by atoms with van der Waals surface area (Å²) in [5.74, 6) is 0.962. The van der Waals surface area contributed by atoms with Crippen molar-refractivity contribution in [3.05, 3.63) is 0 Å². The molecule has 3 aliphatic rings. The smallest absolute Gasteiger partial charge is 0.0728 e. The van der Waals surface area contributed by atoms with Crippen molar-refractivity contribution in [2.45, 2.75) is 50.8 Å². The molecule has 3 rings (SSSR count). The first kappa shape index (κ1) is 11.0. The summed E-state index contributed by atoms with van der Waals surface area (Å²) in [6.45, 7) is 9.14. The highest BCUT2D eigenvalue weighted by molar-refractivity contribution is 5.01. The predicted octanol–water partition coefficient (Wildman–Crippen LogP) is 1.24. The fourth-order valence-corrected chi connectivity index (χ4v) is 3.30. The van der Waals surface area contributed by atoms with E-state index in [2.05, 4.69) is 24.1 Å². The van der Waals surface area contributed by atoms with Crippen LogP contribution in [0.4, 0.5) is 0 Å². The molecule has 0 aromatic heterocycles. The lowest BCUT2D eigenvalue weighted by Crippen LogP contribution is -2.61. The monoisotopic (exact) mass is 224 g/mol. The Hall–Kier alpha value is -0.120. The fourth-order valence-electron chi connectivity index (χ4n) is 3.30. The Balaban J connectivity index is 1.68. The van der Waals surface area contributed by atoms with Crippen molar-refractivity contribution in [1.29, 1.82) is 0 Å². The number of rotatable bonds is 2. The summed E-state index contributed by atoms with van der Waals surface area (Å²) < 4.78 is 5.77. The van der Waals surface area contributed by atoms with Gasteiger partial charge < -0.3 is 10.1 Å². The Labute approximate surface area is 98.5 Å². The van der Waals surface area contributed by atoms with E-state index in [1.54, 1.807) is 0 Å². The zero-order valence-corrected chi connectivity index (χ0v) is 10.5. The van der Waals surface area contributed by atoms with Gasteiger partial charge in [0.1, 0.15) is 0 Å². The highest BCUT2D eigenvalue weighted by Gasteiger charge is 2.45. The third-order valence-corrected chi connectivity index (χ3v) is 4.97. The second kappa shape index (κ2) is 3.97. The number of piperazine rings is 1. The molecule has 92 valence electrons. The molecule has 1 N–H and O–H groups in total. The van der Waals surface area contributed by atoms with Crippen LogP contribution < -0.4 is 5.32 Å². The van der Waals surface area contributed by atoms with Crippen LogP contribution in [0.5, 0.6) is 0 Å². The molecule has 3 heteroatoms. The van der Waals surface area contributed by atoms with Gasteiger partial charge in [0.05, 0.1) is 6.10 Å². The summed E-state index contributed by atoms with van der Waals surface area (Å²) in [4.78, 5) is 2.68. The topological polar surface area (TPSA) is 24.5 Å². The molecule has 2 heterocycles. The predicted molar refractivity (Wildman–Crippen MR) is 64.5 cm³/mol. The molecular weight excluding hydrogens is 200 g/mol. The normalized spacial score (nSPS) is 46.1. The number of ether oxygens (including phenoxy) is 1. The van der Waals surface area contributed by atoms with E-state index in [-0.39, 0.29) is 5.54 Å². The summed E-state index contributed by atoms with van der Waals surface area (Å²) in [6.07, 6.45) is 4.47. The molecule has 3 fully saturated rings. The molecule has 3 unspecified atom stereocenters. The van der Waals surface area contributed by atoms with Gasteiger partial charge in [-0.15, -0.1) is 0 Å². The van der Waals surface area contributed by atoms with Gasteiger partial charge in [0.2, 0.25) is 0 Å². The maximum Gasteiger partial charge on any atom is 0.0728 e. The molecule has 0 spiro atoms. The quantitative estimate of drug-likeness (QED) is 0.764. The van der Waals surface area contributed by atoms with E-state index in [1.165, 1.54) is 32.4 Å². The maximum absolute atomic E-state index is 5.77. The van der Waals surface area contributed by atoms with Crippen LogP contribution in [0.15, 0.2) is 0 Å². The van der Waals surface area contributed by atoms with Gasteiger partial charge in [0.15, 0.2) is 0 Å². The van der Waals surface area contributed by atoms with Crippen molar-refractivity contribution < 1.29 is 4.74 Å². The first-order valence-electron chi connectivity index (χ1n) is 6.80. The lowest BCUT2D eigenvalue weighted by atomic mass is 9.90. The van der Waals surface area contributed by atoms with Gasteiger partial charge >= 0.3 is 0 Å². The van der Waals surface area contributed by atoms with E-state index in [4.69, 9.17) is 4.74 Å². The van der Waals surface area contributed by atoms with Crippen molar-refractivity contribution in [3.8, 4) is 0 Å². The third kappa shape index (κ3) is 1.79.